The number of nitrogen functional groups attached to an aromatic ring is 1. The lowest BCUT2D eigenvalue weighted by Crippen LogP contribution is -2.47. The largest absolute Gasteiger partial charge is 0.383 e. The van der Waals surface area contributed by atoms with Gasteiger partial charge in [-0.25, -0.2) is 4.98 Å². The Morgan fingerprint density at radius 3 is 2.57 bits per heavy atom. The number of nitrogens with two attached hydrogens (primary N) is 2. The molecule has 5 N–H and O–H groups in total. The number of carbonyl (C=O) groups excluding carboxylic acids is 2. The third-order valence-corrected chi connectivity index (χ3v) is 5.29. The number of nitrogens with one attached hydrogen (secondary N) is 1. The summed E-state index contributed by atoms with van der Waals surface area (Å²) in [5, 5.41) is 4.65. The van der Waals surface area contributed by atoms with Crippen LogP contribution in [0.25, 0.3) is 10.8 Å². The number of hydrogen-bond acceptors (Lipinski definition) is 5. The number of Topliss-reactive ketones (excluding diaryl/α,β-unsaturated/α-hetero) is 1. The highest BCUT2D eigenvalue weighted by molar-refractivity contribution is 5.92. The molecule has 1 aromatic heterocycles. The maximum Gasteiger partial charge on any atom is 0.237 e. The molecule has 0 saturated heterocycles. The van der Waals surface area contributed by atoms with Crippen LogP contribution in [0.3, 0.4) is 0 Å². The second kappa shape index (κ2) is 9.98. The maximum atomic E-state index is 12.5. The lowest BCUT2D eigenvalue weighted by molar-refractivity contribution is -0.128. The molecule has 6 heteroatoms. The van der Waals surface area contributed by atoms with Crippen molar-refractivity contribution >= 4 is 28.3 Å². The van der Waals surface area contributed by atoms with Crippen LogP contribution in [0.5, 0.6) is 0 Å². The molecule has 0 radical (unpaired) electrons. The first-order valence-electron chi connectivity index (χ1n) is 10.2. The van der Waals surface area contributed by atoms with Gasteiger partial charge in [0.25, 0.3) is 0 Å². The Bertz CT molecular complexity index is 1020. The first-order valence-corrected chi connectivity index (χ1v) is 10.2. The molecule has 2 atom stereocenters. The van der Waals surface area contributed by atoms with Gasteiger partial charge < -0.3 is 16.8 Å². The Balaban J connectivity index is 1.47. The maximum absolute atomic E-state index is 12.5. The fourth-order valence-electron chi connectivity index (χ4n) is 3.39. The third kappa shape index (κ3) is 5.64. The van der Waals surface area contributed by atoms with Crippen molar-refractivity contribution in [1.29, 1.82) is 0 Å². The molecule has 0 saturated carbocycles. The molecule has 3 rings (SSSR count). The zero-order valence-electron chi connectivity index (χ0n) is 17.2. The highest BCUT2D eigenvalue weighted by atomic mass is 16.2. The van der Waals surface area contributed by atoms with Gasteiger partial charge in [-0.15, -0.1) is 0 Å². The van der Waals surface area contributed by atoms with E-state index in [1.807, 2.05) is 54.6 Å². The molecule has 156 valence electrons. The van der Waals surface area contributed by atoms with Gasteiger partial charge in [0.1, 0.15) is 5.82 Å². The smallest absolute Gasteiger partial charge is 0.237 e. The average molecular weight is 405 g/mol. The lowest BCUT2D eigenvalue weighted by Gasteiger charge is -2.17. The number of anilines is 1. The van der Waals surface area contributed by atoms with E-state index < -0.39 is 12.1 Å². The Morgan fingerprint density at radius 2 is 1.80 bits per heavy atom. The van der Waals surface area contributed by atoms with Gasteiger partial charge in [-0.1, -0.05) is 48.5 Å². The molecule has 30 heavy (non-hydrogen) atoms. The second-order valence-corrected chi connectivity index (χ2v) is 7.58. The fraction of sp³-hybridized carbons (Fsp3) is 0.292. The van der Waals surface area contributed by atoms with Crippen LogP contribution < -0.4 is 16.8 Å². The molecule has 1 heterocycles. The summed E-state index contributed by atoms with van der Waals surface area (Å²) < 4.78 is 0. The Morgan fingerprint density at radius 1 is 1.03 bits per heavy atom. The highest BCUT2D eigenvalue weighted by Crippen LogP contribution is 2.20. The van der Waals surface area contributed by atoms with E-state index in [0.29, 0.717) is 25.1 Å². The third-order valence-electron chi connectivity index (χ3n) is 5.29. The highest BCUT2D eigenvalue weighted by Gasteiger charge is 2.20. The van der Waals surface area contributed by atoms with Crippen LogP contribution in [0, 0.1) is 0 Å². The first kappa shape index (κ1) is 21.5. The Kier molecular flexibility index (Phi) is 7.14. The number of hydrogen-bond donors (Lipinski definition) is 3. The van der Waals surface area contributed by atoms with Gasteiger partial charge in [-0.05, 0) is 48.8 Å². The molecule has 0 unspecified atom stereocenters. The number of amides is 1. The first-order chi connectivity index (χ1) is 14.4. The summed E-state index contributed by atoms with van der Waals surface area (Å²) >= 11 is 0. The van der Waals surface area contributed by atoms with Gasteiger partial charge in [-0.2, -0.15) is 0 Å². The second-order valence-electron chi connectivity index (χ2n) is 7.58. The minimum Gasteiger partial charge on any atom is -0.383 e. The molecular formula is C24H28N4O2. The SMILES string of the molecule is C[C@H](NC(=O)[C@H](N)CCc1ccccc1)C(=O)CCc1ccc2c(N)nccc2c1. The molecular weight excluding hydrogens is 376 g/mol. The van der Waals surface area contributed by atoms with Crippen molar-refractivity contribution in [3.8, 4) is 0 Å². The normalized spacial score (nSPS) is 13.0. The summed E-state index contributed by atoms with van der Waals surface area (Å²) in [6.45, 7) is 1.71. The monoisotopic (exact) mass is 404 g/mol. The summed E-state index contributed by atoms with van der Waals surface area (Å²) in [6, 6.07) is 16.5. The van der Waals surface area contributed by atoms with Crippen LogP contribution in [0.4, 0.5) is 5.82 Å². The minimum absolute atomic E-state index is 0.0204. The number of benzene rings is 2. The molecule has 2 aromatic carbocycles. The molecule has 1 amide bonds. The van der Waals surface area contributed by atoms with Gasteiger partial charge in [-0.3, -0.25) is 9.59 Å². The van der Waals surface area contributed by atoms with E-state index in [-0.39, 0.29) is 11.7 Å². The predicted molar refractivity (Wildman–Crippen MR) is 120 cm³/mol. The van der Waals surface area contributed by atoms with Crippen LogP contribution in [0.15, 0.2) is 60.8 Å². The number of pyridine rings is 1. The van der Waals surface area contributed by atoms with Crippen LogP contribution in [-0.4, -0.2) is 28.8 Å². The summed E-state index contributed by atoms with van der Waals surface area (Å²) in [6.07, 6.45) is 3.86. The Hall–Kier alpha value is -3.25. The topological polar surface area (TPSA) is 111 Å². The molecule has 6 nitrogen and oxygen atoms in total. The molecule has 0 aliphatic heterocycles. The van der Waals surface area contributed by atoms with Crippen molar-refractivity contribution in [2.45, 2.75) is 44.7 Å². The number of fused-ring (bicyclic) bond motifs is 1. The Labute approximate surface area is 176 Å². The standard InChI is InChI=1S/C24H28N4O2/c1-16(28-24(30)21(25)11-8-17-5-3-2-4-6-17)22(29)12-9-18-7-10-20-19(15-18)13-14-27-23(20)26/h2-7,10,13-16,21H,8-9,11-12,25H2,1H3,(H2,26,27)(H,28,30)/t16-,21+/m0/s1. The average Bonchev–Trinajstić information content (AvgIpc) is 2.76. The minimum atomic E-state index is -0.639. The van der Waals surface area contributed by atoms with Crippen molar-refractivity contribution in [2.75, 3.05) is 5.73 Å². The quantitative estimate of drug-likeness (QED) is 0.508. The van der Waals surface area contributed by atoms with Gasteiger partial charge in [0.15, 0.2) is 5.78 Å². The van der Waals surface area contributed by atoms with Crippen molar-refractivity contribution in [1.82, 2.24) is 10.3 Å². The lowest BCUT2D eigenvalue weighted by atomic mass is 10.0. The van der Waals surface area contributed by atoms with Crippen LogP contribution in [-0.2, 0) is 22.4 Å². The van der Waals surface area contributed by atoms with Crippen molar-refractivity contribution in [3.63, 3.8) is 0 Å². The van der Waals surface area contributed by atoms with E-state index in [2.05, 4.69) is 10.3 Å². The van der Waals surface area contributed by atoms with Crippen molar-refractivity contribution in [3.05, 3.63) is 71.9 Å². The molecule has 0 fully saturated rings. The van der Waals surface area contributed by atoms with Crippen LogP contribution >= 0.6 is 0 Å². The van der Waals surface area contributed by atoms with E-state index in [1.54, 1.807) is 13.1 Å². The summed E-state index contributed by atoms with van der Waals surface area (Å²) in [5.41, 5.74) is 14.1. The van der Waals surface area contributed by atoms with Gasteiger partial charge in [0.05, 0.1) is 12.1 Å². The number of ketones is 1. The van der Waals surface area contributed by atoms with E-state index in [0.717, 1.165) is 28.3 Å². The molecule has 0 aliphatic carbocycles. The van der Waals surface area contributed by atoms with Crippen LogP contribution in [0.2, 0.25) is 0 Å². The number of carbonyl (C=O) groups is 2. The summed E-state index contributed by atoms with van der Waals surface area (Å²) in [4.78, 5) is 28.9. The molecule has 0 aliphatic rings. The molecule has 0 bridgehead atoms. The zero-order valence-corrected chi connectivity index (χ0v) is 17.2. The number of rotatable bonds is 9. The van der Waals surface area contributed by atoms with E-state index in [4.69, 9.17) is 11.5 Å². The fourth-order valence-corrected chi connectivity index (χ4v) is 3.39. The van der Waals surface area contributed by atoms with Crippen LogP contribution in [0.1, 0.15) is 30.9 Å². The number of aromatic nitrogens is 1. The number of nitrogens with zero attached hydrogens (tertiary/aromatic N) is 1. The van der Waals surface area contributed by atoms with Gasteiger partial charge >= 0.3 is 0 Å². The van der Waals surface area contributed by atoms with Crippen molar-refractivity contribution < 1.29 is 9.59 Å². The number of aryl methyl sites for hydroxylation is 2. The van der Waals surface area contributed by atoms with Crippen molar-refractivity contribution in [2.24, 2.45) is 5.73 Å². The summed E-state index contributed by atoms with van der Waals surface area (Å²) in [5.74, 6) is 0.184. The molecule has 0 spiro atoms. The van der Waals surface area contributed by atoms with E-state index >= 15 is 0 Å². The van der Waals surface area contributed by atoms with E-state index in [9.17, 15) is 9.59 Å². The predicted octanol–water partition coefficient (Wildman–Crippen LogP) is 2.78. The van der Waals surface area contributed by atoms with Gasteiger partial charge in [0.2, 0.25) is 5.91 Å². The van der Waals surface area contributed by atoms with E-state index in [1.165, 1.54) is 0 Å². The summed E-state index contributed by atoms with van der Waals surface area (Å²) in [7, 11) is 0. The molecule has 3 aromatic rings. The zero-order chi connectivity index (χ0) is 21.5. The van der Waals surface area contributed by atoms with Gasteiger partial charge in [0, 0.05) is 18.0 Å².